The summed E-state index contributed by atoms with van der Waals surface area (Å²) < 4.78 is 0. The number of hydrogen-bond acceptors (Lipinski definition) is 9. The van der Waals surface area contributed by atoms with Gasteiger partial charge in [0, 0.05) is 56.1 Å². The van der Waals surface area contributed by atoms with Gasteiger partial charge in [-0.3, -0.25) is 4.79 Å². The van der Waals surface area contributed by atoms with Crippen molar-refractivity contribution in [3.8, 4) is 28.6 Å². The Kier molecular flexibility index (Phi) is 6.57. The molecule has 10 heteroatoms. The number of likely N-dealkylation sites (N-methyl/N-ethyl adjacent to an activating group) is 1. The van der Waals surface area contributed by atoms with Gasteiger partial charge >= 0.3 is 0 Å². The molecule has 0 spiro atoms. The maximum atomic E-state index is 12.8. The summed E-state index contributed by atoms with van der Waals surface area (Å²) in [5, 5.41) is 29.2. The maximum absolute atomic E-state index is 12.8. The van der Waals surface area contributed by atoms with E-state index in [1.165, 1.54) is 47.6 Å². The quantitative estimate of drug-likeness (QED) is 0.323. The van der Waals surface area contributed by atoms with Crippen LogP contribution in [0.25, 0.3) is 16.5 Å². The molecule has 3 atom stereocenters. The summed E-state index contributed by atoms with van der Waals surface area (Å²) in [5.41, 5.74) is 2.87. The predicted octanol–water partition coefficient (Wildman–Crippen LogP) is 6.87. The molecule has 192 valence electrons. The Balaban J connectivity index is 1.21. The van der Waals surface area contributed by atoms with Crippen LogP contribution in [0.1, 0.15) is 25.1 Å². The Morgan fingerprint density at radius 3 is 2.21 bits per heavy atom. The molecule has 39 heavy (non-hydrogen) atoms. The van der Waals surface area contributed by atoms with Crippen molar-refractivity contribution in [2.45, 2.75) is 26.3 Å². The first-order valence-corrected chi connectivity index (χ1v) is 15.5. The second kappa shape index (κ2) is 9.93. The van der Waals surface area contributed by atoms with Crippen molar-refractivity contribution in [2.75, 3.05) is 26.0 Å². The molecule has 0 saturated heterocycles. The Bertz CT molecular complexity index is 1680. The molecule has 0 fully saturated rings. The van der Waals surface area contributed by atoms with Gasteiger partial charge in [-0.05, 0) is 42.0 Å². The lowest BCUT2D eigenvalue weighted by atomic mass is 9.95. The molecule has 3 aliphatic heterocycles. The fourth-order valence-electron chi connectivity index (χ4n) is 5.10. The highest BCUT2D eigenvalue weighted by Crippen LogP contribution is 2.70. The van der Waals surface area contributed by atoms with Crippen LogP contribution in [0.15, 0.2) is 63.4 Å². The molecule has 2 aromatic heterocycles. The first-order valence-electron chi connectivity index (χ1n) is 12.1. The van der Waals surface area contributed by atoms with E-state index >= 15 is 0 Å². The minimum atomic E-state index is -1.09. The number of hydrogen-bond donors (Lipinski definition) is 0. The molecular formula is C29H21N5OS4. The van der Waals surface area contributed by atoms with Crippen LogP contribution in [0.5, 0.6) is 0 Å². The second-order valence-corrected chi connectivity index (χ2v) is 14.2. The Hall–Kier alpha value is -3.46. The van der Waals surface area contributed by atoms with E-state index < -0.39 is 12.0 Å². The summed E-state index contributed by atoms with van der Waals surface area (Å²) in [5.74, 6) is -1.43. The van der Waals surface area contributed by atoms with Crippen LogP contribution >= 0.6 is 46.2 Å². The minimum absolute atomic E-state index is 0.174. The zero-order chi connectivity index (χ0) is 27.4. The van der Waals surface area contributed by atoms with Gasteiger partial charge in [-0.25, -0.2) is 0 Å². The van der Waals surface area contributed by atoms with E-state index in [-0.39, 0.29) is 17.1 Å². The van der Waals surface area contributed by atoms with E-state index in [0.717, 1.165) is 4.88 Å². The summed E-state index contributed by atoms with van der Waals surface area (Å²) in [6.07, 6.45) is 3.54. The molecule has 0 aliphatic carbocycles. The summed E-state index contributed by atoms with van der Waals surface area (Å²) >= 11 is 7.46. The smallest absolute Gasteiger partial charge is 0.255 e. The van der Waals surface area contributed by atoms with E-state index in [2.05, 4.69) is 47.4 Å². The third kappa shape index (κ3) is 4.18. The lowest BCUT2D eigenvalue weighted by Crippen LogP contribution is -2.36. The Morgan fingerprint density at radius 2 is 1.59 bits per heavy atom. The largest absolute Gasteiger partial charge is 0.378 e. The lowest BCUT2D eigenvalue weighted by molar-refractivity contribution is -0.125. The average Bonchev–Trinajstić information content (AvgIpc) is 3.71. The average molecular weight is 584 g/mol. The third-order valence-electron chi connectivity index (χ3n) is 7.12. The summed E-state index contributed by atoms with van der Waals surface area (Å²) in [6, 6.07) is 18.2. The third-order valence-corrected chi connectivity index (χ3v) is 13.0. The van der Waals surface area contributed by atoms with Gasteiger partial charge in [0.2, 0.25) is 0 Å². The van der Waals surface area contributed by atoms with Gasteiger partial charge in [-0.2, -0.15) is 15.8 Å². The fourth-order valence-corrected chi connectivity index (χ4v) is 11.5. The molecule has 1 aromatic carbocycles. The molecular weight excluding hydrogens is 563 g/mol. The summed E-state index contributed by atoms with van der Waals surface area (Å²) in [7, 11) is 5.63. The monoisotopic (exact) mass is 583 g/mol. The van der Waals surface area contributed by atoms with Crippen LogP contribution < -0.4 is 4.90 Å². The van der Waals surface area contributed by atoms with Crippen LogP contribution in [0.4, 0.5) is 5.69 Å². The van der Waals surface area contributed by atoms with Crippen LogP contribution in [0.2, 0.25) is 0 Å². The number of carbonyl (C=O) groups is 1. The van der Waals surface area contributed by atoms with Crippen molar-refractivity contribution in [3.05, 3.63) is 68.3 Å². The topological polar surface area (TPSA) is 94.9 Å². The number of thioether (sulfide) groups is 2. The molecule has 6 nitrogen and oxygen atoms in total. The first-order chi connectivity index (χ1) is 18.8. The Morgan fingerprint density at radius 1 is 0.949 bits per heavy atom. The highest BCUT2D eigenvalue weighted by atomic mass is 32.2. The standard InChI is InChI=1S/C29H21N5OS4/c1-33(2)17-6-4-15(5-7-17)21-11-23-26(37-21)28-27(39-23)25-22(38-28)10-18(36-25)8-9-19-20(14-32)24(16(12-30)13-31)34(3)29(19)35/h4-11,16,24,27-28H,1-3H3/b9-8+. The van der Waals surface area contributed by atoms with Gasteiger partial charge in [0.05, 0.1) is 45.9 Å². The number of thiophene rings is 2. The number of nitrogens with zero attached hydrogens (tertiary/aromatic N) is 5. The molecule has 0 bridgehead atoms. The van der Waals surface area contributed by atoms with Crippen molar-refractivity contribution < 1.29 is 4.79 Å². The van der Waals surface area contributed by atoms with Gasteiger partial charge in [-0.1, -0.05) is 12.1 Å². The highest BCUT2D eigenvalue weighted by molar-refractivity contribution is 8.05. The molecule has 3 unspecified atom stereocenters. The van der Waals surface area contributed by atoms with Gasteiger partial charge < -0.3 is 9.80 Å². The number of anilines is 1. The predicted molar refractivity (Wildman–Crippen MR) is 159 cm³/mol. The summed E-state index contributed by atoms with van der Waals surface area (Å²) in [4.78, 5) is 24.0. The van der Waals surface area contributed by atoms with Crippen molar-refractivity contribution in [1.82, 2.24) is 4.90 Å². The number of benzene rings is 1. The Labute approximate surface area is 243 Å². The van der Waals surface area contributed by atoms with E-state index in [9.17, 15) is 20.6 Å². The van der Waals surface area contributed by atoms with Crippen LogP contribution in [0.3, 0.4) is 0 Å². The van der Waals surface area contributed by atoms with E-state index in [1.807, 2.05) is 67.2 Å². The molecule has 3 aliphatic rings. The first kappa shape index (κ1) is 25.8. The van der Waals surface area contributed by atoms with E-state index in [1.54, 1.807) is 17.4 Å². The highest BCUT2D eigenvalue weighted by Gasteiger charge is 2.45. The van der Waals surface area contributed by atoms with Gasteiger partial charge in [0.15, 0.2) is 5.92 Å². The van der Waals surface area contributed by atoms with Crippen LogP contribution in [0, 0.1) is 39.9 Å². The number of nitriles is 3. The lowest BCUT2D eigenvalue weighted by Gasteiger charge is -2.20. The zero-order valence-electron chi connectivity index (χ0n) is 21.2. The molecule has 0 N–H and O–H groups in total. The molecule has 0 saturated carbocycles. The van der Waals surface area contributed by atoms with E-state index in [4.69, 9.17) is 0 Å². The fraction of sp³-hybridized carbons (Fsp3) is 0.241. The van der Waals surface area contributed by atoms with Gasteiger partial charge in [0.25, 0.3) is 5.91 Å². The number of fused-ring (bicyclic) bond motifs is 5. The minimum Gasteiger partial charge on any atom is -0.378 e. The van der Waals surface area contributed by atoms with Crippen molar-refractivity contribution in [2.24, 2.45) is 5.92 Å². The maximum Gasteiger partial charge on any atom is 0.255 e. The van der Waals surface area contributed by atoms with Crippen LogP contribution in [-0.4, -0.2) is 38.0 Å². The molecule has 3 aromatic rings. The van der Waals surface area contributed by atoms with Crippen LogP contribution in [-0.2, 0) is 4.79 Å². The van der Waals surface area contributed by atoms with E-state index in [0.29, 0.717) is 10.5 Å². The number of amides is 1. The molecule has 6 rings (SSSR count). The number of rotatable bonds is 5. The van der Waals surface area contributed by atoms with Crippen molar-refractivity contribution in [1.29, 1.82) is 15.8 Å². The van der Waals surface area contributed by atoms with Gasteiger partial charge in [0.1, 0.15) is 0 Å². The normalized spacial score (nSPS) is 21.2. The summed E-state index contributed by atoms with van der Waals surface area (Å²) in [6.45, 7) is 0. The molecule has 5 heterocycles. The van der Waals surface area contributed by atoms with Gasteiger partial charge in [-0.15, -0.1) is 46.2 Å². The SMILES string of the molecule is CN(C)c1ccc(-c2cc3c(s2)C2Sc4cc(/C=C/C5=C(C#N)C(C(C#N)C#N)N(C)C5=O)sc4C2S3)cc1. The number of carbonyl (C=O) groups excluding carboxylic acids is 1. The van der Waals surface area contributed by atoms with Crippen molar-refractivity contribution in [3.63, 3.8) is 0 Å². The molecule has 1 amide bonds. The second-order valence-electron chi connectivity index (χ2n) is 9.60. The molecule has 0 radical (unpaired) electrons. The van der Waals surface area contributed by atoms with Crippen molar-refractivity contribution >= 4 is 63.9 Å². The zero-order valence-corrected chi connectivity index (χ0v) is 24.5.